The zero-order valence-electron chi connectivity index (χ0n) is 15.4. The molecule has 0 saturated carbocycles. The van der Waals surface area contributed by atoms with Crippen LogP contribution in [0.25, 0.3) is 10.9 Å². The second-order valence-corrected chi connectivity index (χ2v) is 6.33. The number of H-pyrrole nitrogens is 1. The van der Waals surface area contributed by atoms with E-state index in [2.05, 4.69) is 15.6 Å². The summed E-state index contributed by atoms with van der Waals surface area (Å²) in [7, 11) is 1.60. The van der Waals surface area contributed by atoms with Gasteiger partial charge in [0.25, 0.3) is 0 Å². The molecule has 2 aromatic carbocycles. The highest BCUT2D eigenvalue weighted by Gasteiger charge is 2.17. The van der Waals surface area contributed by atoms with E-state index in [4.69, 9.17) is 4.74 Å². The number of ether oxygens (including phenoxy) is 1. The molecule has 1 aromatic heterocycles. The smallest absolute Gasteiger partial charge is 0.309 e. The third-order valence-corrected chi connectivity index (χ3v) is 4.52. The normalized spacial score (nSPS) is 11.8. The van der Waals surface area contributed by atoms with Crippen LogP contribution in [0, 0.1) is 0 Å². The van der Waals surface area contributed by atoms with Crippen molar-refractivity contribution in [1.82, 2.24) is 15.6 Å². The van der Waals surface area contributed by atoms with E-state index < -0.39 is 11.8 Å². The zero-order valence-corrected chi connectivity index (χ0v) is 15.4. The maximum absolute atomic E-state index is 12.1. The molecule has 0 fully saturated rings. The van der Waals surface area contributed by atoms with E-state index in [9.17, 15) is 9.59 Å². The fourth-order valence-electron chi connectivity index (χ4n) is 2.97. The second kappa shape index (κ2) is 8.40. The summed E-state index contributed by atoms with van der Waals surface area (Å²) >= 11 is 0. The predicted octanol–water partition coefficient (Wildman–Crippen LogP) is 2.71. The largest absolute Gasteiger partial charge is 0.497 e. The van der Waals surface area contributed by atoms with Crippen molar-refractivity contribution in [3.05, 3.63) is 65.9 Å². The van der Waals surface area contributed by atoms with Gasteiger partial charge in [-0.1, -0.05) is 30.3 Å². The van der Waals surface area contributed by atoms with E-state index in [1.807, 2.05) is 61.7 Å². The Balaban J connectivity index is 1.49. The molecular weight excluding hydrogens is 342 g/mol. The van der Waals surface area contributed by atoms with Crippen molar-refractivity contribution in [3.8, 4) is 5.75 Å². The van der Waals surface area contributed by atoms with Crippen LogP contribution in [0.3, 0.4) is 0 Å². The zero-order chi connectivity index (χ0) is 19.2. The fourth-order valence-corrected chi connectivity index (χ4v) is 2.97. The Morgan fingerprint density at radius 1 is 1.07 bits per heavy atom. The Hall–Kier alpha value is -3.28. The molecule has 27 heavy (non-hydrogen) atoms. The maximum atomic E-state index is 12.1. The lowest BCUT2D eigenvalue weighted by Gasteiger charge is -2.14. The molecule has 2 amide bonds. The van der Waals surface area contributed by atoms with Crippen molar-refractivity contribution in [1.29, 1.82) is 0 Å². The SMILES string of the molecule is COc1ccc(C(C)NC(=O)C(=O)NCCc2c[nH]c3ccccc23)cc1. The highest BCUT2D eigenvalue weighted by atomic mass is 16.5. The molecular formula is C21H23N3O3. The molecule has 140 valence electrons. The molecule has 3 N–H and O–H groups in total. The average Bonchev–Trinajstić information content (AvgIpc) is 3.11. The first-order chi connectivity index (χ1) is 13.1. The van der Waals surface area contributed by atoms with Gasteiger partial charge in [-0.25, -0.2) is 0 Å². The summed E-state index contributed by atoms with van der Waals surface area (Å²) in [6.45, 7) is 2.23. The summed E-state index contributed by atoms with van der Waals surface area (Å²) in [5.41, 5.74) is 3.07. The second-order valence-electron chi connectivity index (χ2n) is 6.33. The number of carbonyl (C=O) groups is 2. The lowest BCUT2D eigenvalue weighted by molar-refractivity contribution is -0.139. The lowest BCUT2D eigenvalue weighted by Crippen LogP contribution is -2.41. The molecule has 0 spiro atoms. The maximum Gasteiger partial charge on any atom is 0.309 e. The molecule has 0 radical (unpaired) electrons. The Labute approximate surface area is 157 Å². The fraction of sp³-hybridized carbons (Fsp3) is 0.238. The van der Waals surface area contributed by atoms with Gasteiger partial charge in [0, 0.05) is 23.6 Å². The highest BCUT2D eigenvalue weighted by molar-refractivity contribution is 6.35. The molecule has 0 aliphatic heterocycles. The molecule has 0 bridgehead atoms. The Morgan fingerprint density at radius 2 is 1.81 bits per heavy atom. The third kappa shape index (κ3) is 4.47. The van der Waals surface area contributed by atoms with Gasteiger partial charge in [0.1, 0.15) is 5.75 Å². The molecule has 1 unspecified atom stereocenters. The minimum absolute atomic E-state index is 0.275. The number of hydrogen-bond acceptors (Lipinski definition) is 3. The summed E-state index contributed by atoms with van der Waals surface area (Å²) < 4.78 is 5.12. The van der Waals surface area contributed by atoms with Gasteiger partial charge in [-0.3, -0.25) is 9.59 Å². The van der Waals surface area contributed by atoms with Gasteiger partial charge in [0.05, 0.1) is 13.2 Å². The van der Waals surface area contributed by atoms with E-state index >= 15 is 0 Å². The molecule has 0 aliphatic carbocycles. The molecule has 0 aliphatic rings. The van der Waals surface area contributed by atoms with Gasteiger partial charge in [-0.2, -0.15) is 0 Å². The van der Waals surface area contributed by atoms with Crippen LogP contribution >= 0.6 is 0 Å². The number of aromatic nitrogens is 1. The summed E-state index contributed by atoms with van der Waals surface area (Å²) in [6.07, 6.45) is 2.58. The van der Waals surface area contributed by atoms with Gasteiger partial charge < -0.3 is 20.4 Å². The van der Waals surface area contributed by atoms with Gasteiger partial charge in [0.15, 0.2) is 0 Å². The van der Waals surface area contributed by atoms with E-state index in [1.165, 1.54) is 0 Å². The van der Waals surface area contributed by atoms with E-state index in [0.717, 1.165) is 27.8 Å². The van der Waals surface area contributed by atoms with Gasteiger partial charge in [0.2, 0.25) is 0 Å². The quantitative estimate of drug-likeness (QED) is 0.587. The van der Waals surface area contributed by atoms with Crippen LogP contribution < -0.4 is 15.4 Å². The standard InChI is InChI=1S/C21H23N3O3/c1-14(15-7-9-17(27-2)10-8-15)24-21(26)20(25)22-12-11-16-13-23-19-6-4-3-5-18(16)19/h3-10,13-14,23H,11-12H2,1-2H3,(H,22,25)(H,24,26). The molecule has 0 saturated heterocycles. The number of nitrogens with one attached hydrogen (secondary N) is 3. The number of fused-ring (bicyclic) bond motifs is 1. The monoisotopic (exact) mass is 365 g/mol. The van der Waals surface area contributed by atoms with Crippen molar-refractivity contribution >= 4 is 22.7 Å². The minimum Gasteiger partial charge on any atom is -0.497 e. The molecule has 1 heterocycles. The predicted molar refractivity (Wildman–Crippen MR) is 105 cm³/mol. The van der Waals surface area contributed by atoms with Crippen LogP contribution in [0.4, 0.5) is 0 Å². The number of rotatable bonds is 6. The number of para-hydroxylation sites is 1. The van der Waals surface area contributed by atoms with E-state index in [-0.39, 0.29) is 6.04 Å². The Kier molecular flexibility index (Phi) is 5.76. The number of methoxy groups -OCH3 is 1. The van der Waals surface area contributed by atoms with Crippen LogP contribution in [-0.4, -0.2) is 30.5 Å². The lowest BCUT2D eigenvalue weighted by atomic mass is 10.1. The molecule has 1 atom stereocenters. The average molecular weight is 365 g/mol. The molecule has 6 nitrogen and oxygen atoms in total. The van der Waals surface area contributed by atoms with Crippen molar-refractivity contribution in [2.24, 2.45) is 0 Å². The molecule has 3 rings (SSSR count). The number of carbonyl (C=O) groups excluding carboxylic acids is 2. The molecule has 3 aromatic rings. The first-order valence-corrected chi connectivity index (χ1v) is 8.86. The van der Waals surface area contributed by atoms with Crippen molar-refractivity contribution in [2.75, 3.05) is 13.7 Å². The van der Waals surface area contributed by atoms with Gasteiger partial charge >= 0.3 is 11.8 Å². The van der Waals surface area contributed by atoms with Crippen molar-refractivity contribution in [3.63, 3.8) is 0 Å². The van der Waals surface area contributed by atoms with Crippen LogP contribution in [-0.2, 0) is 16.0 Å². The first kappa shape index (κ1) is 18.5. The third-order valence-electron chi connectivity index (χ3n) is 4.52. The molecule has 6 heteroatoms. The summed E-state index contributed by atoms with van der Waals surface area (Å²) in [6, 6.07) is 15.1. The van der Waals surface area contributed by atoms with E-state index in [1.54, 1.807) is 7.11 Å². The van der Waals surface area contributed by atoms with Gasteiger partial charge in [-0.15, -0.1) is 0 Å². The first-order valence-electron chi connectivity index (χ1n) is 8.86. The van der Waals surface area contributed by atoms with E-state index in [0.29, 0.717) is 13.0 Å². The van der Waals surface area contributed by atoms with Crippen molar-refractivity contribution in [2.45, 2.75) is 19.4 Å². The summed E-state index contributed by atoms with van der Waals surface area (Å²) in [5.74, 6) is -0.528. The Morgan fingerprint density at radius 3 is 2.56 bits per heavy atom. The number of hydrogen-bond donors (Lipinski definition) is 3. The van der Waals surface area contributed by atoms with Crippen LogP contribution in [0.2, 0.25) is 0 Å². The van der Waals surface area contributed by atoms with Crippen LogP contribution in [0.15, 0.2) is 54.7 Å². The summed E-state index contributed by atoms with van der Waals surface area (Å²) in [5, 5.41) is 6.51. The van der Waals surface area contributed by atoms with Gasteiger partial charge in [-0.05, 0) is 42.7 Å². The van der Waals surface area contributed by atoms with Crippen molar-refractivity contribution < 1.29 is 14.3 Å². The Bertz CT molecular complexity index is 931. The topological polar surface area (TPSA) is 83.2 Å². The summed E-state index contributed by atoms with van der Waals surface area (Å²) in [4.78, 5) is 27.4. The minimum atomic E-state index is -0.641. The van der Waals surface area contributed by atoms with Crippen LogP contribution in [0.1, 0.15) is 24.1 Å². The number of amides is 2. The van der Waals surface area contributed by atoms with Crippen LogP contribution in [0.5, 0.6) is 5.75 Å². The highest BCUT2D eigenvalue weighted by Crippen LogP contribution is 2.18. The number of benzene rings is 2. The number of aromatic amines is 1.